The Morgan fingerprint density at radius 1 is 0.282 bits per heavy atom. The lowest BCUT2D eigenvalue weighted by molar-refractivity contribution is -0.143. The number of hydrogen-bond donors (Lipinski definition) is 3. The number of aliphatic hydroxyl groups is 2. The van der Waals surface area contributed by atoms with Crippen LogP contribution in [0.2, 0.25) is 0 Å². The van der Waals surface area contributed by atoms with Gasteiger partial charge in [0.15, 0.2) is 0 Å². The third-order valence-electron chi connectivity index (χ3n) is 19.2. The van der Waals surface area contributed by atoms with Crippen molar-refractivity contribution in [3.63, 3.8) is 0 Å². The molecule has 508 valence electrons. The van der Waals surface area contributed by atoms with Gasteiger partial charge in [0.1, 0.15) is 0 Å². The largest absolute Gasteiger partial charge is 0.466 e. The van der Waals surface area contributed by atoms with Gasteiger partial charge in [0, 0.05) is 12.8 Å². The predicted molar refractivity (Wildman–Crippen MR) is 375 cm³/mol. The Morgan fingerprint density at radius 3 is 0.718 bits per heavy atom. The highest BCUT2D eigenvalue weighted by molar-refractivity contribution is 5.76. The highest BCUT2D eigenvalue weighted by Crippen LogP contribution is 2.21. The van der Waals surface area contributed by atoms with Crippen molar-refractivity contribution in [2.45, 2.75) is 482 Å². The highest BCUT2D eigenvalue weighted by atomic mass is 16.5. The lowest BCUT2D eigenvalue weighted by atomic mass is 10.0. The van der Waals surface area contributed by atoms with Crippen LogP contribution in [0.25, 0.3) is 0 Å². The molecule has 85 heavy (non-hydrogen) atoms. The summed E-state index contributed by atoms with van der Waals surface area (Å²) < 4.78 is 5.52. The number of rotatable bonds is 76. The first-order valence-corrected chi connectivity index (χ1v) is 39.8. The monoisotopic (exact) mass is 1200 g/mol. The zero-order valence-corrected chi connectivity index (χ0v) is 58.4. The van der Waals surface area contributed by atoms with Gasteiger partial charge in [0.05, 0.1) is 25.4 Å². The quantitative estimate of drug-likeness (QED) is 0.0417. The summed E-state index contributed by atoms with van der Waals surface area (Å²) in [4.78, 5) is 24.7. The normalized spacial score (nSPS) is 12.4. The third kappa shape index (κ3) is 71.8. The smallest absolute Gasteiger partial charge is 0.305 e. The van der Waals surface area contributed by atoms with E-state index in [4.69, 9.17) is 4.74 Å². The van der Waals surface area contributed by atoms with Gasteiger partial charge in [-0.15, -0.1) is 0 Å². The molecule has 0 aliphatic heterocycles. The van der Waals surface area contributed by atoms with Gasteiger partial charge < -0.3 is 20.3 Å². The van der Waals surface area contributed by atoms with Crippen LogP contribution in [-0.4, -0.2) is 47.4 Å². The molecule has 0 aliphatic carbocycles. The van der Waals surface area contributed by atoms with Crippen molar-refractivity contribution in [1.29, 1.82) is 0 Å². The molecule has 6 nitrogen and oxygen atoms in total. The summed E-state index contributed by atoms with van der Waals surface area (Å²) in [5.74, 6) is 0.00252. The summed E-state index contributed by atoms with van der Waals surface area (Å²) in [5, 5.41) is 23.4. The van der Waals surface area contributed by atoms with Crippen molar-refractivity contribution in [2.75, 3.05) is 13.2 Å². The van der Waals surface area contributed by atoms with Crippen molar-refractivity contribution in [1.82, 2.24) is 5.32 Å². The van der Waals surface area contributed by atoms with Gasteiger partial charge >= 0.3 is 5.97 Å². The molecule has 6 heteroatoms. The van der Waals surface area contributed by atoms with Gasteiger partial charge in [-0.2, -0.15) is 0 Å². The molecule has 0 radical (unpaired) electrons. The maximum Gasteiger partial charge on any atom is 0.305 e. The minimum atomic E-state index is -0.660. The Hall–Kier alpha value is -1.14. The molecular formula is C79H157NO5. The van der Waals surface area contributed by atoms with E-state index in [1.807, 2.05) is 0 Å². The second kappa shape index (κ2) is 75.3. The Morgan fingerprint density at radius 2 is 0.482 bits per heavy atom. The molecule has 2 atom stereocenters. The highest BCUT2D eigenvalue weighted by Gasteiger charge is 2.20. The Bertz CT molecular complexity index is 1240. The number of aliphatic hydroxyl groups excluding tert-OH is 2. The number of hydrogen-bond acceptors (Lipinski definition) is 5. The van der Waals surface area contributed by atoms with E-state index in [-0.39, 0.29) is 18.5 Å². The van der Waals surface area contributed by atoms with E-state index in [1.54, 1.807) is 0 Å². The van der Waals surface area contributed by atoms with Crippen molar-refractivity contribution in [3.05, 3.63) is 0 Å². The van der Waals surface area contributed by atoms with E-state index in [2.05, 4.69) is 19.2 Å². The van der Waals surface area contributed by atoms with Crippen LogP contribution < -0.4 is 5.32 Å². The maximum atomic E-state index is 12.5. The van der Waals surface area contributed by atoms with Crippen molar-refractivity contribution in [2.24, 2.45) is 0 Å². The van der Waals surface area contributed by atoms with Crippen LogP contribution in [0.4, 0.5) is 0 Å². The minimum absolute atomic E-state index is 0.0251. The van der Waals surface area contributed by atoms with Crippen molar-refractivity contribution < 1.29 is 24.5 Å². The second-order valence-corrected chi connectivity index (χ2v) is 27.8. The van der Waals surface area contributed by atoms with Crippen LogP contribution in [0.5, 0.6) is 0 Å². The fourth-order valence-corrected chi connectivity index (χ4v) is 13.1. The first kappa shape index (κ1) is 83.9. The molecule has 0 aromatic heterocycles. The molecule has 2 unspecified atom stereocenters. The molecule has 0 heterocycles. The predicted octanol–water partition coefficient (Wildman–Crippen LogP) is 26.1. The SMILES string of the molecule is CCCCCCCCCCCCCCCCCCCCC(=O)OCCCCCCCCCCCCCCCCCCCCCCCCCCCCCCCCCCCC(=O)NC(CO)C(O)CCCCCCCCCCCCCCCCCCC. The molecule has 0 bridgehead atoms. The van der Waals surface area contributed by atoms with Gasteiger partial charge in [0.25, 0.3) is 0 Å². The molecule has 0 aromatic rings. The zero-order valence-electron chi connectivity index (χ0n) is 58.4. The van der Waals surface area contributed by atoms with Crippen LogP contribution in [-0.2, 0) is 14.3 Å². The molecule has 0 rings (SSSR count). The Balaban J connectivity index is 3.29. The van der Waals surface area contributed by atoms with E-state index in [0.717, 1.165) is 38.5 Å². The molecule has 0 aromatic carbocycles. The number of unbranched alkanes of at least 4 members (excludes halogenated alkanes) is 65. The van der Waals surface area contributed by atoms with Crippen LogP contribution in [0, 0.1) is 0 Å². The van der Waals surface area contributed by atoms with Gasteiger partial charge in [-0.3, -0.25) is 9.59 Å². The first-order chi connectivity index (χ1) is 42.0. The van der Waals surface area contributed by atoms with Crippen LogP contribution in [0.3, 0.4) is 0 Å². The van der Waals surface area contributed by atoms with Crippen molar-refractivity contribution in [3.8, 4) is 0 Å². The number of carbonyl (C=O) groups is 2. The topological polar surface area (TPSA) is 95.9 Å². The molecule has 0 saturated carbocycles. The minimum Gasteiger partial charge on any atom is -0.466 e. The third-order valence-corrected chi connectivity index (χ3v) is 19.2. The summed E-state index contributed by atoms with van der Waals surface area (Å²) in [6, 6.07) is -0.537. The summed E-state index contributed by atoms with van der Waals surface area (Å²) in [7, 11) is 0. The lowest BCUT2D eigenvalue weighted by Crippen LogP contribution is -2.45. The zero-order chi connectivity index (χ0) is 61.3. The molecule has 0 fully saturated rings. The Kier molecular flexibility index (Phi) is 74.3. The molecule has 1 amide bonds. The summed E-state index contributed by atoms with van der Waals surface area (Å²) >= 11 is 0. The summed E-state index contributed by atoms with van der Waals surface area (Å²) in [6.45, 7) is 5.02. The molecule has 0 saturated heterocycles. The van der Waals surface area contributed by atoms with E-state index in [1.165, 1.54) is 398 Å². The number of esters is 1. The van der Waals surface area contributed by atoms with E-state index < -0.39 is 12.1 Å². The fraction of sp³-hybridized carbons (Fsp3) is 0.975. The van der Waals surface area contributed by atoms with E-state index >= 15 is 0 Å². The number of nitrogens with one attached hydrogen (secondary N) is 1. The average Bonchev–Trinajstić information content (AvgIpc) is 3.50. The summed E-state index contributed by atoms with van der Waals surface area (Å²) in [6.07, 6.45) is 93.4. The molecule has 3 N–H and O–H groups in total. The fourth-order valence-electron chi connectivity index (χ4n) is 13.1. The van der Waals surface area contributed by atoms with Crippen LogP contribution in [0.1, 0.15) is 470 Å². The Labute approximate surface area is 534 Å². The number of ether oxygens (including phenoxy) is 1. The van der Waals surface area contributed by atoms with Gasteiger partial charge in [-0.25, -0.2) is 0 Å². The van der Waals surface area contributed by atoms with Gasteiger partial charge in [0.2, 0.25) is 5.91 Å². The number of amides is 1. The van der Waals surface area contributed by atoms with E-state index in [9.17, 15) is 19.8 Å². The van der Waals surface area contributed by atoms with Crippen LogP contribution in [0.15, 0.2) is 0 Å². The number of carbonyl (C=O) groups excluding carboxylic acids is 2. The lowest BCUT2D eigenvalue weighted by Gasteiger charge is -2.22. The van der Waals surface area contributed by atoms with Gasteiger partial charge in [-0.1, -0.05) is 431 Å². The van der Waals surface area contributed by atoms with Crippen LogP contribution >= 0.6 is 0 Å². The molecule has 0 aliphatic rings. The van der Waals surface area contributed by atoms with E-state index in [0.29, 0.717) is 25.9 Å². The first-order valence-electron chi connectivity index (χ1n) is 39.8. The van der Waals surface area contributed by atoms with Gasteiger partial charge in [-0.05, 0) is 25.7 Å². The second-order valence-electron chi connectivity index (χ2n) is 27.8. The van der Waals surface area contributed by atoms with Crippen molar-refractivity contribution >= 4 is 11.9 Å². The average molecular weight is 1200 g/mol. The molecule has 0 spiro atoms. The maximum absolute atomic E-state index is 12.5. The standard InChI is InChI=1S/C79H157NO5/c1-3-5-7-9-11-13-15-17-19-21-41-45-49-53-57-61-65-69-73-79(84)85-74-70-66-62-58-54-50-46-42-38-36-34-32-30-28-26-24-22-23-25-27-29-31-33-35-37-40-44-48-52-56-60-64-68-72-78(83)80-76(75-81)77(82)71-67-63-59-55-51-47-43-39-20-18-16-14-12-10-8-6-4-2/h76-77,81-82H,3-75H2,1-2H3,(H,80,83). The summed E-state index contributed by atoms with van der Waals surface area (Å²) in [5.41, 5.74) is 0. The molecular weight excluding hydrogens is 1040 g/mol.